The normalized spacial score (nSPS) is 13.4. The molecular weight excluding hydrogens is 811 g/mol. The molecule has 20 heteroatoms. The summed E-state index contributed by atoms with van der Waals surface area (Å²) in [4.78, 5) is 28.4. The maximum Gasteiger partial charge on any atom is 0.416 e. The number of nitrogens with zero attached hydrogens (tertiary/aromatic N) is 2. The number of carbonyl (C=O) groups is 2. The number of rotatable bonds is 8. The van der Waals surface area contributed by atoms with Crippen LogP contribution < -0.4 is 10.6 Å². The van der Waals surface area contributed by atoms with E-state index >= 15 is 0 Å². The highest BCUT2D eigenvalue weighted by Gasteiger charge is 2.45. The monoisotopic (exact) mass is 852 g/mol. The van der Waals surface area contributed by atoms with E-state index in [9.17, 15) is 52.8 Å². The van der Waals surface area contributed by atoms with Gasteiger partial charge in [-0.1, -0.05) is 58.8 Å². The predicted molar refractivity (Wildman–Crippen MR) is 199 cm³/mol. The summed E-state index contributed by atoms with van der Waals surface area (Å²) in [5.74, 6) is -1.33. The lowest BCUT2D eigenvalue weighted by Crippen LogP contribution is -2.44. The fourth-order valence-electron chi connectivity index (χ4n) is 4.39. The van der Waals surface area contributed by atoms with Gasteiger partial charge in [-0.3, -0.25) is 9.59 Å². The first kappa shape index (κ1) is 46.1. The van der Waals surface area contributed by atoms with Gasteiger partial charge in [0.15, 0.2) is 30.6 Å². The highest BCUT2D eigenvalue weighted by Crippen LogP contribution is 2.36. The maximum absolute atomic E-state index is 12.9. The minimum atomic E-state index is -4.71. The third kappa shape index (κ3) is 10.2. The Balaban J connectivity index is 0.000000300. The first-order valence-corrected chi connectivity index (χ1v) is 20.4. The van der Waals surface area contributed by atoms with Crippen molar-refractivity contribution in [3.8, 4) is 0 Å². The maximum atomic E-state index is 12.9. The van der Waals surface area contributed by atoms with Crippen molar-refractivity contribution < 1.29 is 57.3 Å². The van der Waals surface area contributed by atoms with Gasteiger partial charge in [0.25, 0.3) is 0 Å². The van der Waals surface area contributed by atoms with Crippen LogP contribution in [0, 0.1) is 0 Å². The number of hydrogen-bond acceptors (Lipinski definition) is 10. The summed E-state index contributed by atoms with van der Waals surface area (Å²) in [6, 6.07) is 8.09. The van der Waals surface area contributed by atoms with Crippen LogP contribution in [0.15, 0.2) is 74.3 Å². The number of thiazole rings is 1. The smallest absolute Gasteiger partial charge is 0.359 e. The average Bonchev–Trinajstić information content (AvgIpc) is 3.74. The summed E-state index contributed by atoms with van der Waals surface area (Å²) in [5.41, 5.74) is -2.11. The fraction of sp³-hybridized carbons (Fsp3) is 0.444. The van der Waals surface area contributed by atoms with Crippen LogP contribution in [0.3, 0.4) is 0 Å². The second kappa shape index (κ2) is 15.6. The standard InChI is InChI=1S/C18H21F3N2O4S.C18H21F3N2O3S2/c1-16(2,3)13-10-14(23-27-13)22-15(24)17(4,5)28(25,26)12-8-6-7-11(9-12)18(19,20)21;1-16(2,3)13-10-27-15(22-13)23-14(24)17(4,5)28(25,26)12-8-6-7-11(9-12)18(19,20)21/h2*6-10H,1-5H3,(H,22,23,24). The molecular formula is C36H42F6N4O7S3. The fourth-order valence-corrected chi connectivity index (χ4v) is 8.17. The van der Waals surface area contributed by atoms with Gasteiger partial charge >= 0.3 is 12.4 Å². The van der Waals surface area contributed by atoms with Gasteiger partial charge in [-0.15, -0.1) is 11.3 Å². The quantitative estimate of drug-likeness (QED) is 0.165. The van der Waals surface area contributed by atoms with E-state index in [1.54, 1.807) is 5.38 Å². The SMILES string of the molecule is CC(C)(C)c1cc(NC(=O)C(C)(C)S(=O)(=O)c2cccc(C(F)(F)F)c2)no1.CC(C)(C)c1csc(NC(=O)C(C)(C)S(=O)(=O)c2cccc(C(F)(F)F)c2)n1. The number of hydrogen-bond donors (Lipinski definition) is 2. The summed E-state index contributed by atoms with van der Waals surface area (Å²) >= 11 is 1.15. The molecule has 2 N–H and O–H groups in total. The van der Waals surface area contributed by atoms with Crippen LogP contribution in [0.2, 0.25) is 0 Å². The van der Waals surface area contributed by atoms with Crippen molar-refractivity contribution in [1.82, 2.24) is 10.1 Å². The number of nitrogens with one attached hydrogen (secondary N) is 2. The minimum absolute atomic E-state index is 0.0160. The molecule has 4 rings (SSSR count). The van der Waals surface area contributed by atoms with Crippen molar-refractivity contribution in [2.75, 3.05) is 10.6 Å². The van der Waals surface area contributed by atoms with E-state index in [-0.39, 0.29) is 21.8 Å². The first-order valence-electron chi connectivity index (χ1n) is 16.5. The van der Waals surface area contributed by atoms with Crippen molar-refractivity contribution >= 4 is 53.8 Å². The van der Waals surface area contributed by atoms with Gasteiger partial charge in [-0.05, 0) is 64.1 Å². The van der Waals surface area contributed by atoms with Gasteiger partial charge < -0.3 is 15.2 Å². The van der Waals surface area contributed by atoms with E-state index in [1.807, 2.05) is 41.5 Å². The molecule has 4 aromatic rings. The van der Waals surface area contributed by atoms with Crippen molar-refractivity contribution in [3.63, 3.8) is 0 Å². The summed E-state index contributed by atoms with van der Waals surface area (Å²) in [5, 5.41) is 10.5. The van der Waals surface area contributed by atoms with Gasteiger partial charge in [0, 0.05) is 22.3 Å². The lowest BCUT2D eigenvalue weighted by molar-refractivity contribution is -0.138. The second-order valence-corrected chi connectivity index (χ2v) is 21.5. The third-order valence-corrected chi connectivity index (χ3v) is 13.9. The molecule has 2 aromatic heterocycles. The van der Waals surface area contributed by atoms with Crippen molar-refractivity contribution in [1.29, 1.82) is 0 Å². The van der Waals surface area contributed by atoms with E-state index in [1.165, 1.54) is 6.07 Å². The molecule has 2 heterocycles. The molecule has 2 amide bonds. The van der Waals surface area contributed by atoms with Crippen LogP contribution in [-0.4, -0.2) is 48.3 Å². The topological polar surface area (TPSA) is 165 Å². The van der Waals surface area contributed by atoms with Crippen LogP contribution >= 0.6 is 11.3 Å². The number of halogens is 6. The summed E-state index contributed by atoms with van der Waals surface area (Å²) in [7, 11) is -8.83. The van der Waals surface area contributed by atoms with Crippen LogP contribution in [0.4, 0.5) is 37.3 Å². The van der Waals surface area contributed by atoms with Crippen LogP contribution in [0.1, 0.15) is 91.8 Å². The van der Waals surface area contributed by atoms with Gasteiger partial charge in [0.1, 0.15) is 15.3 Å². The molecule has 0 radical (unpaired) electrons. The number of anilines is 2. The molecule has 0 spiro atoms. The zero-order valence-corrected chi connectivity index (χ0v) is 34.5. The predicted octanol–water partition coefficient (Wildman–Crippen LogP) is 8.83. The molecule has 2 aromatic carbocycles. The van der Waals surface area contributed by atoms with E-state index in [2.05, 4.69) is 20.8 Å². The van der Waals surface area contributed by atoms with Crippen LogP contribution in [0.5, 0.6) is 0 Å². The molecule has 0 saturated heterocycles. The molecule has 0 aliphatic heterocycles. The number of aromatic nitrogens is 2. The average molecular weight is 853 g/mol. The van der Waals surface area contributed by atoms with E-state index in [0.717, 1.165) is 81.1 Å². The molecule has 0 fully saturated rings. The minimum Gasteiger partial charge on any atom is -0.359 e. The van der Waals surface area contributed by atoms with Gasteiger partial charge in [0.2, 0.25) is 11.8 Å². The Morgan fingerprint density at radius 1 is 0.643 bits per heavy atom. The molecule has 0 saturated carbocycles. The Morgan fingerprint density at radius 2 is 1.07 bits per heavy atom. The number of sulfone groups is 2. The number of amides is 2. The van der Waals surface area contributed by atoms with Crippen molar-refractivity contribution in [3.05, 3.63) is 82.6 Å². The summed E-state index contributed by atoms with van der Waals surface area (Å²) in [6.07, 6.45) is -9.40. The van der Waals surface area contributed by atoms with Gasteiger partial charge in [-0.2, -0.15) is 26.3 Å². The lowest BCUT2D eigenvalue weighted by atomic mass is 9.93. The molecule has 0 aliphatic rings. The van der Waals surface area contributed by atoms with Crippen LogP contribution in [0.25, 0.3) is 0 Å². The second-order valence-electron chi connectivity index (χ2n) is 15.6. The Hall–Kier alpha value is -4.30. The Kier molecular flexibility index (Phi) is 12.8. The number of benzene rings is 2. The van der Waals surface area contributed by atoms with Gasteiger partial charge in [-0.25, -0.2) is 21.8 Å². The zero-order valence-electron chi connectivity index (χ0n) is 32.0. The van der Waals surface area contributed by atoms with Crippen LogP contribution in [-0.2, 0) is 52.4 Å². The van der Waals surface area contributed by atoms with E-state index in [4.69, 9.17) is 4.52 Å². The summed E-state index contributed by atoms with van der Waals surface area (Å²) in [6.45, 7) is 15.9. The largest absolute Gasteiger partial charge is 0.416 e. The molecule has 308 valence electrons. The molecule has 0 unspecified atom stereocenters. The summed E-state index contributed by atoms with van der Waals surface area (Å²) < 4.78 is 130. The molecule has 0 atom stereocenters. The molecule has 56 heavy (non-hydrogen) atoms. The Labute approximate surface area is 325 Å². The number of alkyl halides is 6. The van der Waals surface area contributed by atoms with E-state index < -0.39 is 74.3 Å². The zero-order chi connectivity index (χ0) is 43.1. The van der Waals surface area contributed by atoms with Crippen molar-refractivity contribution in [2.45, 2.75) is 112 Å². The first-order chi connectivity index (χ1) is 25.1. The lowest BCUT2D eigenvalue weighted by Gasteiger charge is -2.23. The Bertz CT molecular complexity index is 2140. The van der Waals surface area contributed by atoms with Crippen molar-refractivity contribution in [2.24, 2.45) is 0 Å². The van der Waals surface area contributed by atoms with Gasteiger partial charge in [0.05, 0.1) is 26.6 Å². The Morgan fingerprint density at radius 3 is 1.43 bits per heavy atom. The third-order valence-electron chi connectivity index (χ3n) is 8.36. The molecule has 0 aliphatic carbocycles. The highest BCUT2D eigenvalue weighted by molar-refractivity contribution is 7.94. The molecule has 11 nitrogen and oxygen atoms in total. The molecule has 0 bridgehead atoms. The highest BCUT2D eigenvalue weighted by atomic mass is 32.2. The van der Waals surface area contributed by atoms with E-state index in [0.29, 0.717) is 17.9 Å². The number of carbonyl (C=O) groups excluding carboxylic acids is 2.